The molecule has 2 saturated heterocycles. The summed E-state index contributed by atoms with van der Waals surface area (Å²) >= 11 is -1.70. The second-order valence-corrected chi connectivity index (χ2v) is 12.1. The molecule has 1 saturated carbocycles. The molecule has 0 bridgehead atoms. The van der Waals surface area contributed by atoms with Crippen LogP contribution in [0.1, 0.15) is 46.0 Å². The van der Waals surface area contributed by atoms with Crippen LogP contribution in [0.15, 0.2) is 0 Å². The van der Waals surface area contributed by atoms with Crippen molar-refractivity contribution in [1.29, 1.82) is 0 Å². The number of alkyl halides is 7. The fourth-order valence-electron chi connectivity index (χ4n) is 3.54. The van der Waals surface area contributed by atoms with Crippen LogP contribution >= 0.6 is 20.4 Å². The molecule has 2 heterocycles. The Balaban J connectivity index is 1.94. The summed E-state index contributed by atoms with van der Waals surface area (Å²) in [5.41, 5.74) is -6.44. The van der Waals surface area contributed by atoms with Crippen LogP contribution in [-0.2, 0) is 9.53 Å². The molecule has 1 atom stereocenters. The molecular weight excluding hydrogens is 497 g/mol. The van der Waals surface area contributed by atoms with Crippen molar-refractivity contribution in [2.45, 2.75) is 73.7 Å². The second-order valence-electron chi connectivity index (χ2n) is 7.74. The molecule has 2 aliphatic heterocycles. The SMILES string of the molecule is CC(C)(C(=O)OC(C1CCCCC1)C(O)(C(F)(F)F)C(F)(F)F)C12NI1N2. The molecule has 3 rings (SSSR count). The van der Waals surface area contributed by atoms with Gasteiger partial charge in [0.15, 0.2) is 0 Å². The predicted molar refractivity (Wildman–Crippen MR) is 90.3 cm³/mol. The van der Waals surface area contributed by atoms with E-state index in [1.165, 1.54) is 13.8 Å². The van der Waals surface area contributed by atoms with E-state index in [0.717, 1.165) is 0 Å². The molecule has 0 aromatic carbocycles. The Kier molecular flexibility index (Phi) is 5.01. The number of carbonyl (C=O) groups excluding carboxylic acids is 1. The van der Waals surface area contributed by atoms with Crippen LogP contribution in [0, 0.1) is 11.3 Å². The van der Waals surface area contributed by atoms with Crippen LogP contribution in [0.25, 0.3) is 0 Å². The molecule has 0 radical (unpaired) electrons. The number of esters is 1. The number of carbonyl (C=O) groups is 1. The van der Waals surface area contributed by atoms with Crippen molar-refractivity contribution < 1.29 is 41.0 Å². The first kappa shape index (κ1) is 21.4. The van der Waals surface area contributed by atoms with E-state index in [-0.39, 0.29) is 12.8 Å². The number of nitrogens with one attached hydrogen (secondary N) is 2. The quantitative estimate of drug-likeness (QED) is 0.0986. The first-order valence-electron chi connectivity index (χ1n) is 8.51. The third-order valence-electron chi connectivity index (χ3n) is 5.62. The number of halogens is 7. The maximum absolute atomic E-state index is 13.4. The van der Waals surface area contributed by atoms with Crippen LogP contribution in [-0.4, -0.2) is 38.8 Å². The Bertz CT molecular complexity index is 598. The van der Waals surface area contributed by atoms with Gasteiger partial charge < -0.3 is 0 Å². The van der Waals surface area contributed by atoms with Crippen LogP contribution in [0.4, 0.5) is 26.3 Å². The number of rotatable bonds is 5. The standard InChI is InChI=1S/C15H21F6IN2O3/c1-11(2,15-22(23-15)24-15)10(25)27-9(8-6-4-3-5-7-8)12(26,13(16,17)18)14(19,20)21/h8-9,23-24,26H,3-7H2,1-2H3. The zero-order valence-corrected chi connectivity index (χ0v) is 16.8. The van der Waals surface area contributed by atoms with Gasteiger partial charge in [0.05, 0.1) is 0 Å². The molecule has 3 N–H and O–H groups in total. The van der Waals surface area contributed by atoms with Gasteiger partial charge in [0.25, 0.3) is 0 Å². The molecule has 5 nitrogen and oxygen atoms in total. The monoisotopic (exact) mass is 518 g/mol. The van der Waals surface area contributed by atoms with Gasteiger partial charge in [0.2, 0.25) is 0 Å². The van der Waals surface area contributed by atoms with Crippen molar-refractivity contribution >= 4 is 26.3 Å². The van der Waals surface area contributed by atoms with Crippen LogP contribution in [0.2, 0.25) is 0 Å². The first-order chi connectivity index (χ1) is 12.2. The molecule has 0 amide bonds. The molecule has 1 unspecified atom stereocenters. The van der Waals surface area contributed by atoms with Gasteiger partial charge in [-0.25, -0.2) is 0 Å². The van der Waals surface area contributed by atoms with Gasteiger partial charge in [0.1, 0.15) is 0 Å². The maximum atomic E-state index is 13.4. The van der Waals surface area contributed by atoms with Gasteiger partial charge in [0, 0.05) is 0 Å². The summed E-state index contributed by atoms with van der Waals surface area (Å²) in [6.45, 7) is 2.83. The van der Waals surface area contributed by atoms with Gasteiger partial charge in [-0.15, -0.1) is 0 Å². The average molecular weight is 518 g/mol. The molecular formula is C15H21F6IN2O3. The molecule has 158 valence electrons. The summed E-state index contributed by atoms with van der Waals surface area (Å²) < 4.78 is 90.8. The second kappa shape index (κ2) is 6.33. The van der Waals surface area contributed by atoms with E-state index in [1.807, 2.05) is 0 Å². The minimum absolute atomic E-state index is 0.0208. The van der Waals surface area contributed by atoms with E-state index in [9.17, 15) is 36.2 Å². The van der Waals surface area contributed by atoms with Crippen molar-refractivity contribution in [3.63, 3.8) is 0 Å². The number of hydrogen-bond acceptors (Lipinski definition) is 5. The summed E-state index contributed by atoms with van der Waals surface area (Å²) in [5, 5.41) is 9.89. The van der Waals surface area contributed by atoms with Gasteiger partial charge in [-0.2, -0.15) is 0 Å². The molecule has 12 heteroatoms. The molecule has 27 heavy (non-hydrogen) atoms. The molecule has 3 aliphatic rings. The third kappa shape index (κ3) is 3.23. The van der Waals surface area contributed by atoms with Crippen LogP contribution < -0.4 is 7.06 Å². The average Bonchev–Trinajstić information content (AvgIpc) is 3.40. The Morgan fingerprint density at radius 3 is 1.89 bits per heavy atom. The molecule has 0 aromatic heterocycles. The van der Waals surface area contributed by atoms with Crippen molar-refractivity contribution in [3.05, 3.63) is 0 Å². The van der Waals surface area contributed by atoms with Crippen LogP contribution in [0.3, 0.4) is 0 Å². The number of hydrogen-bond donors (Lipinski definition) is 3. The van der Waals surface area contributed by atoms with E-state index in [2.05, 4.69) is 7.06 Å². The zero-order chi connectivity index (χ0) is 20.5. The number of aliphatic hydroxyl groups is 1. The van der Waals surface area contributed by atoms with Gasteiger partial charge in [-0.05, 0) is 0 Å². The Labute approximate surface area is 159 Å². The number of ether oxygens (including phenoxy) is 1. The van der Waals surface area contributed by atoms with Crippen molar-refractivity contribution in [2.75, 3.05) is 0 Å². The fourth-order valence-corrected chi connectivity index (χ4v) is 9.11. The molecule has 0 spiro atoms. The first-order valence-corrected chi connectivity index (χ1v) is 11.7. The van der Waals surface area contributed by atoms with E-state index in [4.69, 9.17) is 4.74 Å². The van der Waals surface area contributed by atoms with E-state index < -0.39 is 65.4 Å². The normalized spacial score (nSPS) is 25.6. The summed E-state index contributed by atoms with van der Waals surface area (Å²) in [5.74, 6) is -2.40. The van der Waals surface area contributed by atoms with Crippen molar-refractivity contribution in [3.8, 4) is 0 Å². The summed E-state index contributed by atoms with van der Waals surface area (Å²) in [7, 11) is 0. The molecule has 1 aliphatic carbocycles. The van der Waals surface area contributed by atoms with Crippen LogP contribution in [0.5, 0.6) is 0 Å². The Morgan fingerprint density at radius 1 is 1.07 bits per heavy atom. The summed E-state index contributed by atoms with van der Waals surface area (Å²) in [4.78, 5) is 12.6. The topological polar surface area (TPSA) is 90.4 Å². The van der Waals surface area contributed by atoms with Crippen molar-refractivity contribution in [2.24, 2.45) is 11.3 Å². The van der Waals surface area contributed by atoms with E-state index in [1.54, 1.807) is 0 Å². The Hall–Kier alpha value is -0.340. The zero-order valence-electron chi connectivity index (χ0n) is 14.6. The van der Waals surface area contributed by atoms with Gasteiger partial charge in [-0.1, -0.05) is 0 Å². The van der Waals surface area contributed by atoms with Gasteiger partial charge in [-0.3, -0.25) is 0 Å². The molecule has 3 fully saturated rings. The minimum atomic E-state index is -6.04. The number of fused-ring (bicyclic) bond motifs is 1. The molecule has 0 aromatic rings. The third-order valence-corrected chi connectivity index (χ3v) is 10.7. The Morgan fingerprint density at radius 2 is 1.52 bits per heavy atom. The van der Waals surface area contributed by atoms with E-state index in [0.29, 0.717) is 19.3 Å². The van der Waals surface area contributed by atoms with Crippen molar-refractivity contribution in [1.82, 2.24) is 7.06 Å². The van der Waals surface area contributed by atoms with E-state index >= 15 is 0 Å². The predicted octanol–water partition coefficient (Wildman–Crippen LogP) is 3.56. The summed E-state index contributed by atoms with van der Waals surface area (Å²) in [6, 6.07) is 0. The fraction of sp³-hybridized carbons (Fsp3) is 0.933. The van der Waals surface area contributed by atoms with Gasteiger partial charge >= 0.3 is 159 Å². The summed E-state index contributed by atoms with van der Waals surface area (Å²) in [6.07, 6.45) is -13.3.